The van der Waals surface area contributed by atoms with Crippen molar-refractivity contribution in [2.24, 2.45) is 0 Å². The summed E-state index contributed by atoms with van der Waals surface area (Å²) in [6.45, 7) is 4.38. The zero-order chi connectivity index (χ0) is 19.7. The molecule has 2 saturated carbocycles. The molecular formula is C21H26N2O5. The highest BCUT2D eigenvalue weighted by molar-refractivity contribution is 6.07. The van der Waals surface area contributed by atoms with Crippen LogP contribution >= 0.6 is 0 Å². The molecular weight excluding hydrogens is 360 g/mol. The maximum Gasteiger partial charge on any atom is 0.325 e. The number of benzene rings is 1. The van der Waals surface area contributed by atoms with Crippen LogP contribution in [0.15, 0.2) is 12.1 Å². The molecule has 1 spiro atoms. The zero-order valence-corrected chi connectivity index (χ0v) is 16.5. The highest BCUT2D eigenvalue weighted by Gasteiger charge is 2.55. The number of hydrogen-bond donors (Lipinski definition) is 1. The average Bonchev–Trinajstić information content (AvgIpc) is 3.27. The monoisotopic (exact) mass is 386 g/mol. The van der Waals surface area contributed by atoms with Crippen molar-refractivity contribution in [1.82, 2.24) is 10.2 Å². The summed E-state index contributed by atoms with van der Waals surface area (Å²) in [5, 5.41) is 2.83. The maximum atomic E-state index is 12.7. The van der Waals surface area contributed by atoms with Crippen LogP contribution in [0, 0.1) is 0 Å². The van der Waals surface area contributed by atoms with Crippen LogP contribution < -0.4 is 19.5 Å². The Labute approximate surface area is 164 Å². The van der Waals surface area contributed by atoms with E-state index in [1.807, 2.05) is 19.1 Å². The van der Waals surface area contributed by atoms with E-state index in [0.717, 1.165) is 35.7 Å². The molecule has 0 unspecified atom stereocenters. The molecule has 2 heterocycles. The van der Waals surface area contributed by atoms with Gasteiger partial charge in [0.2, 0.25) is 0 Å². The molecule has 2 aliphatic heterocycles. The molecule has 5 rings (SSSR count). The predicted octanol–water partition coefficient (Wildman–Crippen LogP) is 2.75. The number of carbonyl (C=O) groups is 2. The third-order valence-electron chi connectivity index (χ3n) is 6.91. The highest BCUT2D eigenvalue weighted by atomic mass is 16.5. The maximum absolute atomic E-state index is 12.7. The molecule has 28 heavy (non-hydrogen) atoms. The summed E-state index contributed by atoms with van der Waals surface area (Å²) in [5.41, 5.74) is 0.426. The fourth-order valence-electron chi connectivity index (χ4n) is 4.58. The summed E-state index contributed by atoms with van der Waals surface area (Å²) in [7, 11) is 1.65. The Morgan fingerprint density at radius 3 is 2.57 bits per heavy atom. The quantitative estimate of drug-likeness (QED) is 0.788. The first-order valence-electron chi connectivity index (χ1n) is 10.1. The van der Waals surface area contributed by atoms with Crippen molar-refractivity contribution in [3.05, 3.63) is 17.7 Å². The summed E-state index contributed by atoms with van der Waals surface area (Å²) >= 11 is 0. The van der Waals surface area contributed by atoms with Crippen molar-refractivity contribution in [3.8, 4) is 17.2 Å². The standard InChI is InChI=1S/C21H26N2O5/c1-4-20(2)18(24)23(19(25)22-20)12-9-13(10-12)28-14-5-6-15(26-3)17-16(14)21(7-8-21)11-27-17/h5-6,12-13H,4,7-11H2,1-3H3,(H,22,25)/t12?,13?,20-/m1/s1. The molecule has 7 nitrogen and oxygen atoms in total. The molecule has 0 bridgehead atoms. The summed E-state index contributed by atoms with van der Waals surface area (Å²) in [6, 6.07) is 3.47. The molecule has 2 aliphatic carbocycles. The Hall–Kier alpha value is -2.44. The third kappa shape index (κ3) is 2.34. The minimum absolute atomic E-state index is 0.00650. The fraction of sp³-hybridized carbons (Fsp3) is 0.619. The summed E-state index contributed by atoms with van der Waals surface area (Å²) in [6.07, 6.45) is 4.11. The number of ether oxygens (including phenoxy) is 3. The fourth-order valence-corrected chi connectivity index (χ4v) is 4.58. The summed E-state index contributed by atoms with van der Waals surface area (Å²) in [4.78, 5) is 26.4. The Kier molecular flexibility index (Phi) is 3.64. The number of imide groups is 1. The molecule has 0 aromatic heterocycles. The van der Waals surface area contributed by atoms with Crippen LogP contribution in [0.1, 0.15) is 51.5 Å². The van der Waals surface area contributed by atoms with E-state index in [4.69, 9.17) is 14.2 Å². The Morgan fingerprint density at radius 1 is 1.25 bits per heavy atom. The van der Waals surface area contributed by atoms with Crippen LogP contribution in [0.25, 0.3) is 0 Å². The van der Waals surface area contributed by atoms with Crippen molar-refractivity contribution in [2.45, 2.75) is 69.1 Å². The molecule has 0 radical (unpaired) electrons. The molecule has 3 amide bonds. The van der Waals surface area contributed by atoms with E-state index in [1.54, 1.807) is 14.0 Å². The van der Waals surface area contributed by atoms with Gasteiger partial charge in [-0.05, 0) is 38.3 Å². The van der Waals surface area contributed by atoms with Gasteiger partial charge < -0.3 is 19.5 Å². The Morgan fingerprint density at radius 2 is 1.96 bits per heavy atom. The van der Waals surface area contributed by atoms with Gasteiger partial charge >= 0.3 is 6.03 Å². The van der Waals surface area contributed by atoms with Crippen LogP contribution in [0.5, 0.6) is 17.2 Å². The molecule has 1 aromatic carbocycles. The largest absolute Gasteiger partial charge is 0.493 e. The van der Waals surface area contributed by atoms with E-state index in [-0.39, 0.29) is 29.5 Å². The molecule has 1 saturated heterocycles. The van der Waals surface area contributed by atoms with E-state index in [1.165, 1.54) is 4.90 Å². The van der Waals surface area contributed by atoms with Gasteiger partial charge in [-0.3, -0.25) is 9.69 Å². The van der Waals surface area contributed by atoms with Gasteiger partial charge in [-0.2, -0.15) is 0 Å². The number of rotatable bonds is 5. The summed E-state index contributed by atoms with van der Waals surface area (Å²) < 4.78 is 17.7. The number of amides is 3. The average molecular weight is 386 g/mol. The van der Waals surface area contributed by atoms with E-state index in [2.05, 4.69) is 5.32 Å². The zero-order valence-electron chi connectivity index (χ0n) is 16.5. The van der Waals surface area contributed by atoms with Gasteiger partial charge in [-0.25, -0.2) is 4.79 Å². The second-order valence-electron chi connectivity index (χ2n) is 8.70. The third-order valence-corrected chi connectivity index (χ3v) is 6.91. The van der Waals surface area contributed by atoms with Crippen LogP contribution in [0.3, 0.4) is 0 Å². The van der Waals surface area contributed by atoms with Crippen molar-refractivity contribution in [1.29, 1.82) is 0 Å². The van der Waals surface area contributed by atoms with Gasteiger partial charge in [0, 0.05) is 29.9 Å². The number of hydrogen-bond acceptors (Lipinski definition) is 5. The Balaban J connectivity index is 1.30. The van der Waals surface area contributed by atoms with Gasteiger partial charge in [0.25, 0.3) is 5.91 Å². The molecule has 150 valence electrons. The molecule has 3 fully saturated rings. The van der Waals surface area contributed by atoms with E-state index < -0.39 is 5.54 Å². The second-order valence-corrected chi connectivity index (χ2v) is 8.70. The van der Waals surface area contributed by atoms with E-state index >= 15 is 0 Å². The van der Waals surface area contributed by atoms with E-state index in [9.17, 15) is 9.59 Å². The van der Waals surface area contributed by atoms with Crippen LogP contribution in [0.4, 0.5) is 4.79 Å². The number of nitrogens with one attached hydrogen (secondary N) is 1. The molecule has 1 atom stereocenters. The van der Waals surface area contributed by atoms with Crippen LogP contribution in [-0.2, 0) is 10.2 Å². The minimum atomic E-state index is -0.782. The lowest BCUT2D eigenvalue weighted by Crippen LogP contribution is -2.52. The number of fused-ring (bicyclic) bond motifs is 2. The first-order chi connectivity index (χ1) is 13.4. The summed E-state index contributed by atoms with van der Waals surface area (Å²) in [5.74, 6) is 2.28. The van der Waals surface area contributed by atoms with Gasteiger partial charge in [-0.15, -0.1) is 0 Å². The van der Waals surface area contributed by atoms with Crippen LogP contribution in [0.2, 0.25) is 0 Å². The second kappa shape index (κ2) is 5.78. The van der Waals surface area contributed by atoms with Gasteiger partial charge in [0.15, 0.2) is 11.5 Å². The lowest BCUT2D eigenvalue weighted by molar-refractivity contribution is -0.135. The van der Waals surface area contributed by atoms with Crippen molar-refractivity contribution < 1.29 is 23.8 Å². The molecule has 1 N–H and O–H groups in total. The SMILES string of the molecule is CC[C@@]1(C)NC(=O)N(C2CC(Oc3ccc(OC)c4c3C3(CC3)CO4)C2)C1=O. The lowest BCUT2D eigenvalue weighted by Gasteiger charge is -2.40. The minimum Gasteiger partial charge on any atom is -0.493 e. The lowest BCUT2D eigenvalue weighted by atomic mass is 9.86. The number of methoxy groups -OCH3 is 1. The van der Waals surface area contributed by atoms with Gasteiger partial charge in [0.1, 0.15) is 17.4 Å². The Bertz CT molecular complexity index is 859. The number of nitrogens with zero attached hydrogens (tertiary/aromatic N) is 1. The van der Waals surface area contributed by atoms with E-state index in [0.29, 0.717) is 25.9 Å². The molecule has 7 heteroatoms. The molecule has 1 aromatic rings. The molecule has 4 aliphatic rings. The van der Waals surface area contributed by atoms with Crippen molar-refractivity contribution in [3.63, 3.8) is 0 Å². The normalized spacial score (nSPS) is 31.9. The van der Waals surface area contributed by atoms with Crippen LogP contribution in [-0.4, -0.2) is 48.2 Å². The topological polar surface area (TPSA) is 77.1 Å². The smallest absolute Gasteiger partial charge is 0.325 e. The van der Waals surface area contributed by atoms with Gasteiger partial charge in [-0.1, -0.05) is 6.92 Å². The predicted molar refractivity (Wildman–Crippen MR) is 101 cm³/mol. The van der Waals surface area contributed by atoms with Gasteiger partial charge in [0.05, 0.1) is 13.7 Å². The first kappa shape index (κ1) is 17.6. The number of carbonyl (C=O) groups excluding carboxylic acids is 2. The highest BCUT2D eigenvalue weighted by Crippen LogP contribution is 2.61. The van der Waals surface area contributed by atoms with Crippen molar-refractivity contribution in [2.75, 3.05) is 13.7 Å². The number of urea groups is 1. The van der Waals surface area contributed by atoms with Crippen molar-refractivity contribution >= 4 is 11.9 Å². The first-order valence-corrected chi connectivity index (χ1v) is 10.1.